The Hall–Kier alpha value is -4.12. The van der Waals surface area contributed by atoms with Gasteiger partial charge in [-0.3, -0.25) is 9.36 Å². The van der Waals surface area contributed by atoms with Crippen LogP contribution in [0.25, 0.3) is 17.3 Å². The molecular formula is C25H24F3N5O3. The number of aromatic nitrogens is 2. The van der Waals surface area contributed by atoms with Gasteiger partial charge in [0.25, 0.3) is 5.56 Å². The molecule has 0 saturated carbocycles. The van der Waals surface area contributed by atoms with E-state index in [1.54, 1.807) is 68.9 Å². The van der Waals surface area contributed by atoms with Crippen LogP contribution in [0.5, 0.6) is 5.75 Å². The number of likely N-dealkylation sites (N-methyl/N-ethyl adjacent to an activating group) is 1. The van der Waals surface area contributed by atoms with Crippen LogP contribution in [0.15, 0.2) is 65.1 Å². The lowest BCUT2D eigenvalue weighted by Gasteiger charge is -2.34. The van der Waals surface area contributed by atoms with Crippen LogP contribution in [0.3, 0.4) is 0 Å². The molecule has 2 aliphatic rings. The number of alkyl halides is 3. The maximum atomic E-state index is 13.8. The first-order valence-electron chi connectivity index (χ1n) is 10.9. The quantitative estimate of drug-likeness (QED) is 0.630. The molecule has 0 saturated heterocycles. The van der Waals surface area contributed by atoms with E-state index in [4.69, 9.17) is 14.9 Å². The maximum Gasteiger partial charge on any atom is 0.411 e. The van der Waals surface area contributed by atoms with Crippen molar-refractivity contribution in [2.75, 3.05) is 32.7 Å². The number of nitrogens with zero attached hydrogens (tertiary/aromatic N) is 3. The summed E-state index contributed by atoms with van der Waals surface area (Å²) in [4.78, 5) is 19.9. The molecule has 1 aliphatic carbocycles. The number of benzene rings is 1. The second kappa shape index (κ2) is 9.86. The number of methoxy groups -OCH3 is 1. The van der Waals surface area contributed by atoms with Crippen LogP contribution in [-0.2, 0) is 4.74 Å². The van der Waals surface area contributed by atoms with Gasteiger partial charge in [0.1, 0.15) is 29.6 Å². The summed E-state index contributed by atoms with van der Waals surface area (Å²) < 4.78 is 50.1. The van der Waals surface area contributed by atoms with E-state index >= 15 is 0 Å². The van der Waals surface area contributed by atoms with Gasteiger partial charge in [0.05, 0.1) is 18.5 Å². The van der Waals surface area contributed by atoms with E-state index in [1.165, 1.54) is 22.7 Å². The first-order valence-corrected chi connectivity index (χ1v) is 10.9. The van der Waals surface area contributed by atoms with Crippen LogP contribution in [0, 0.1) is 5.41 Å². The van der Waals surface area contributed by atoms with Gasteiger partial charge in [-0.1, -0.05) is 6.08 Å². The topological polar surface area (TPSA) is 92.5 Å². The molecule has 2 N–H and O–H groups in total. The monoisotopic (exact) mass is 499 g/mol. The molecule has 1 aromatic heterocycles. The Morgan fingerprint density at radius 1 is 1.19 bits per heavy atom. The number of rotatable bonds is 6. The van der Waals surface area contributed by atoms with E-state index in [0.29, 0.717) is 28.3 Å². The van der Waals surface area contributed by atoms with Gasteiger partial charge < -0.3 is 25.1 Å². The molecule has 8 nitrogen and oxygen atoms in total. The summed E-state index contributed by atoms with van der Waals surface area (Å²) >= 11 is 0. The zero-order valence-electron chi connectivity index (χ0n) is 19.8. The van der Waals surface area contributed by atoms with E-state index in [1.807, 2.05) is 0 Å². The molecule has 36 heavy (non-hydrogen) atoms. The number of allylic oxidation sites excluding steroid dienone is 5. The molecule has 0 radical (unpaired) electrons. The molecule has 0 bridgehead atoms. The van der Waals surface area contributed by atoms with Gasteiger partial charge in [-0.15, -0.1) is 0 Å². The third-order valence-electron chi connectivity index (χ3n) is 5.59. The van der Waals surface area contributed by atoms with E-state index in [-0.39, 0.29) is 17.2 Å². The van der Waals surface area contributed by atoms with Gasteiger partial charge in [0.15, 0.2) is 6.23 Å². The Labute approximate surface area is 205 Å². The molecule has 1 aliphatic heterocycles. The second-order valence-corrected chi connectivity index (χ2v) is 8.03. The maximum absolute atomic E-state index is 13.8. The van der Waals surface area contributed by atoms with Crippen molar-refractivity contribution >= 4 is 23.2 Å². The molecular weight excluding hydrogens is 475 g/mol. The number of fused-ring (bicyclic) bond motifs is 1. The van der Waals surface area contributed by atoms with Crippen LogP contribution in [0.1, 0.15) is 11.4 Å². The van der Waals surface area contributed by atoms with E-state index in [9.17, 15) is 18.0 Å². The highest BCUT2D eigenvalue weighted by molar-refractivity contribution is 6.12. The predicted octanol–water partition coefficient (Wildman–Crippen LogP) is 3.69. The Kier molecular flexibility index (Phi) is 6.84. The van der Waals surface area contributed by atoms with Crippen LogP contribution in [-0.4, -0.2) is 55.5 Å². The lowest BCUT2D eigenvalue weighted by Crippen LogP contribution is -2.41. The third-order valence-corrected chi connectivity index (χ3v) is 5.59. The molecule has 11 heteroatoms. The average molecular weight is 499 g/mol. The molecule has 0 amide bonds. The normalized spacial score (nSPS) is 18.3. The first-order chi connectivity index (χ1) is 17.1. The fourth-order valence-corrected chi connectivity index (χ4v) is 3.90. The first kappa shape index (κ1) is 25.0. The number of hydrogen-bond acceptors (Lipinski definition) is 7. The van der Waals surface area contributed by atoms with Crippen molar-refractivity contribution in [1.29, 1.82) is 5.41 Å². The number of halogens is 3. The number of ether oxygens (including phenoxy) is 2. The van der Waals surface area contributed by atoms with Gasteiger partial charge in [0, 0.05) is 31.4 Å². The molecule has 0 fully saturated rings. The fourth-order valence-electron chi connectivity index (χ4n) is 3.90. The van der Waals surface area contributed by atoms with E-state index < -0.39 is 24.6 Å². The van der Waals surface area contributed by atoms with Crippen molar-refractivity contribution in [3.8, 4) is 11.4 Å². The predicted molar refractivity (Wildman–Crippen MR) is 132 cm³/mol. The molecule has 2 aromatic rings. The summed E-state index contributed by atoms with van der Waals surface area (Å²) in [6, 6.07) is 6.71. The number of anilines is 1. The van der Waals surface area contributed by atoms with Gasteiger partial charge >= 0.3 is 6.18 Å². The van der Waals surface area contributed by atoms with Crippen LogP contribution < -0.4 is 20.5 Å². The summed E-state index contributed by atoms with van der Waals surface area (Å²) in [6.07, 6.45) is 3.96. The highest BCUT2D eigenvalue weighted by Gasteiger charge is 2.33. The molecule has 2 heterocycles. The molecule has 1 atom stereocenters. The summed E-state index contributed by atoms with van der Waals surface area (Å²) in [5, 5.41) is 11.0. The Bertz CT molecular complexity index is 1350. The zero-order chi connectivity index (χ0) is 26.0. The summed E-state index contributed by atoms with van der Waals surface area (Å²) in [6.45, 7) is -1.44. The Morgan fingerprint density at radius 2 is 1.92 bits per heavy atom. The minimum atomic E-state index is -4.50. The van der Waals surface area contributed by atoms with Gasteiger partial charge in [0.2, 0.25) is 0 Å². The van der Waals surface area contributed by atoms with Crippen LogP contribution in [0.4, 0.5) is 19.0 Å². The van der Waals surface area contributed by atoms with Gasteiger partial charge in [-0.05, 0) is 48.6 Å². The molecule has 1 unspecified atom stereocenters. The second-order valence-electron chi connectivity index (χ2n) is 8.03. The van der Waals surface area contributed by atoms with Crippen molar-refractivity contribution in [2.24, 2.45) is 0 Å². The largest absolute Gasteiger partial charge is 0.497 e. The Balaban J connectivity index is 1.89. The van der Waals surface area contributed by atoms with Crippen molar-refractivity contribution in [3.63, 3.8) is 0 Å². The average Bonchev–Trinajstić information content (AvgIpc) is 2.85. The van der Waals surface area contributed by atoms with Crippen molar-refractivity contribution in [1.82, 2.24) is 14.9 Å². The van der Waals surface area contributed by atoms with Gasteiger partial charge in [-0.25, -0.2) is 4.98 Å². The van der Waals surface area contributed by atoms with Crippen molar-refractivity contribution in [3.05, 3.63) is 82.1 Å². The van der Waals surface area contributed by atoms with Crippen LogP contribution >= 0.6 is 0 Å². The summed E-state index contributed by atoms with van der Waals surface area (Å²) in [5.41, 5.74) is 1.82. The SMILES string of the molecule is CN/C=C1/C=C(c2nc3c(n(-c4ccc(OC)cc4)c2=O)N(C)C(OCC(F)(F)F)C=C3)C=CC1=N. The van der Waals surface area contributed by atoms with E-state index in [2.05, 4.69) is 10.3 Å². The minimum Gasteiger partial charge on any atom is -0.497 e. The molecule has 0 spiro atoms. The molecule has 188 valence electrons. The highest BCUT2D eigenvalue weighted by Crippen LogP contribution is 2.31. The lowest BCUT2D eigenvalue weighted by atomic mass is 9.98. The smallest absolute Gasteiger partial charge is 0.411 e. The lowest BCUT2D eigenvalue weighted by molar-refractivity contribution is -0.180. The summed E-state index contributed by atoms with van der Waals surface area (Å²) in [5.74, 6) is 0.857. The van der Waals surface area contributed by atoms with E-state index in [0.717, 1.165) is 0 Å². The van der Waals surface area contributed by atoms with Crippen molar-refractivity contribution < 1.29 is 22.6 Å². The molecule has 4 rings (SSSR count). The van der Waals surface area contributed by atoms with Crippen LogP contribution in [0.2, 0.25) is 0 Å². The standard InChI is InChI=1S/C25H24F3N5O3/c1-30-13-16-12-15(4-9-19(16)29)22-24(34)33(17-5-7-18(35-3)8-6-17)23-20(31-22)10-11-21(32(23)2)36-14-25(26,27)28/h4-13,21,29-30H,14H2,1-3H3/b16-13-,29-19?. The van der Waals surface area contributed by atoms with Crippen molar-refractivity contribution in [2.45, 2.75) is 12.4 Å². The Morgan fingerprint density at radius 3 is 2.56 bits per heavy atom. The van der Waals surface area contributed by atoms with Gasteiger partial charge in [-0.2, -0.15) is 13.2 Å². The zero-order valence-corrected chi connectivity index (χ0v) is 19.8. The fraction of sp³-hybridized carbons (Fsp3) is 0.240. The highest BCUT2D eigenvalue weighted by atomic mass is 19.4. The molecule has 1 aromatic carbocycles. The number of hydrogen-bond donors (Lipinski definition) is 2. The summed E-state index contributed by atoms with van der Waals surface area (Å²) in [7, 11) is 4.77. The minimum absolute atomic E-state index is 0.128. The third kappa shape index (κ3) is 4.96. The number of nitrogens with one attached hydrogen (secondary N) is 2.